The smallest absolute Gasteiger partial charge is 0.206 e. The van der Waals surface area contributed by atoms with Crippen molar-refractivity contribution in [3.8, 4) is 11.4 Å². The van der Waals surface area contributed by atoms with Gasteiger partial charge < -0.3 is 10.5 Å². The third kappa shape index (κ3) is 1.89. The van der Waals surface area contributed by atoms with Gasteiger partial charge in [0.2, 0.25) is 5.95 Å². The Morgan fingerprint density at radius 2 is 2.00 bits per heavy atom. The quantitative estimate of drug-likeness (QED) is 0.784. The first-order valence-corrected chi connectivity index (χ1v) is 6.57. The fourth-order valence-corrected chi connectivity index (χ4v) is 2.44. The van der Waals surface area contributed by atoms with Gasteiger partial charge in [-0.3, -0.25) is 4.57 Å². The third-order valence-corrected chi connectivity index (χ3v) is 3.69. The lowest BCUT2D eigenvalue weighted by Crippen LogP contribution is -2.03. The number of methoxy groups -OCH3 is 1. The molecule has 0 aliphatic carbocycles. The van der Waals surface area contributed by atoms with Crippen molar-refractivity contribution in [2.45, 2.75) is 6.92 Å². The summed E-state index contributed by atoms with van der Waals surface area (Å²) in [7, 11) is 1.61. The SMILES string of the molecule is COc1cc(Cl)c(C)cc1-n1c(N)nc2ccccc21. The first-order valence-electron chi connectivity index (χ1n) is 6.19. The topological polar surface area (TPSA) is 53.1 Å². The summed E-state index contributed by atoms with van der Waals surface area (Å²) < 4.78 is 7.29. The van der Waals surface area contributed by atoms with E-state index in [0.29, 0.717) is 16.7 Å². The normalized spacial score (nSPS) is 10.9. The molecular weight excluding hydrogens is 274 g/mol. The van der Waals surface area contributed by atoms with Gasteiger partial charge in [0.15, 0.2) is 0 Å². The highest BCUT2D eigenvalue weighted by Gasteiger charge is 2.15. The number of ether oxygens (including phenoxy) is 1. The van der Waals surface area contributed by atoms with Crippen LogP contribution in [0.3, 0.4) is 0 Å². The lowest BCUT2D eigenvalue weighted by atomic mass is 10.2. The second-order valence-corrected chi connectivity index (χ2v) is 4.97. The van der Waals surface area contributed by atoms with Crippen molar-refractivity contribution in [1.82, 2.24) is 9.55 Å². The van der Waals surface area contributed by atoms with Crippen LogP contribution in [0, 0.1) is 6.92 Å². The van der Waals surface area contributed by atoms with E-state index in [9.17, 15) is 0 Å². The summed E-state index contributed by atoms with van der Waals surface area (Å²) in [6.07, 6.45) is 0. The molecule has 5 heteroatoms. The van der Waals surface area contributed by atoms with Crippen LogP contribution in [0.5, 0.6) is 5.75 Å². The molecule has 4 nitrogen and oxygen atoms in total. The molecule has 0 bridgehead atoms. The van der Waals surface area contributed by atoms with Crippen molar-refractivity contribution in [3.05, 3.63) is 47.0 Å². The van der Waals surface area contributed by atoms with Gasteiger partial charge in [0, 0.05) is 11.1 Å². The van der Waals surface area contributed by atoms with Gasteiger partial charge in [-0.25, -0.2) is 4.98 Å². The Morgan fingerprint density at radius 3 is 2.75 bits per heavy atom. The maximum atomic E-state index is 6.15. The van der Waals surface area contributed by atoms with Gasteiger partial charge in [0.05, 0.1) is 23.8 Å². The molecule has 0 aliphatic heterocycles. The Morgan fingerprint density at radius 1 is 1.25 bits per heavy atom. The molecule has 0 unspecified atom stereocenters. The number of nitrogens with two attached hydrogens (primary N) is 1. The molecule has 102 valence electrons. The van der Waals surface area contributed by atoms with E-state index in [4.69, 9.17) is 22.1 Å². The molecule has 0 saturated carbocycles. The summed E-state index contributed by atoms with van der Waals surface area (Å²) in [4.78, 5) is 4.37. The summed E-state index contributed by atoms with van der Waals surface area (Å²) in [6, 6.07) is 11.5. The molecule has 0 fully saturated rings. The molecule has 2 N–H and O–H groups in total. The number of rotatable bonds is 2. The average Bonchev–Trinajstić information content (AvgIpc) is 2.77. The highest BCUT2D eigenvalue weighted by Crippen LogP contribution is 2.33. The summed E-state index contributed by atoms with van der Waals surface area (Å²) in [5, 5.41) is 0.661. The Hall–Kier alpha value is -2.20. The molecule has 0 radical (unpaired) electrons. The predicted molar refractivity (Wildman–Crippen MR) is 81.8 cm³/mol. The van der Waals surface area contributed by atoms with Crippen LogP contribution in [0.1, 0.15) is 5.56 Å². The minimum absolute atomic E-state index is 0.422. The van der Waals surface area contributed by atoms with Crippen LogP contribution in [0.4, 0.5) is 5.95 Å². The van der Waals surface area contributed by atoms with E-state index in [1.54, 1.807) is 13.2 Å². The molecule has 1 heterocycles. The molecule has 0 aliphatic rings. The number of benzene rings is 2. The van der Waals surface area contributed by atoms with E-state index in [2.05, 4.69) is 4.98 Å². The predicted octanol–water partition coefficient (Wildman–Crippen LogP) is 3.58. The van der Waals surface area contributed by atoms with Crippen LogP contribution in [0.2, 0.25) is 5.02 Å². The third-order valence-electron chi connectivity index (χ3n) is 3.29. The van der Waals surface area contributed by atoms with Crippen molar-refractivity contribution >= 4 is 28.6 Å². The second kappa shape index (κ2) is 4.72. The minimum Gasteiger partial charge on any atom is -0.495 e. The van der Waals surface area contributed by atoms with Crippen LogP contribution in [-0.2, 0) is 0 Å². The molecule has 0 spiro atoms. The summed E-state index contributed by atoms with van der Waals surface area (Å²) in [5.41, 5.74) is 9.63. The number of halogens is 1. The van der Waals surface area contributed by atoms with E-state index in [0.717, 1.165) is 22.3 Å². The van der Waals surface area contributed by atoms with Crippen molar-refractivity contribution in [2.24, 2.45) is 0 Å². The number of imidazole rings is 1. The largest absolute Gasteiger partial charge is 0.495 e. The molecule has 0 saturated heterocycles. The Kier molecular flexibility index (Phi) is 3.03. The number of fused-ring (bicyclic) bond motifs is 1. The Labute approximate surface area is 121 Å². The minimum atomic E-state index is 0.422. The summed E-state index contributed by atoms with van der Waals surface area (Å²) >= 11 is 6.15. The second-order valence-electron chi connectivity index (χ2n) is 4.57. The number of aryl methyl sites for hydroxylation is 1. The zero-order valence-corrected chi connectivity index (χ0v) is 12.0. The van der Waals surface area contributed by atoms with Crippen molar-refractivity contribution in [3.63, 3.8) is 0 Å². The van der Waals surface area contributed by atoms with E-state index in [-0.39, 0.29) is 0 Å². The number of para-hydroxylation sites is 2. The van der Waals surface area contributed by atoms with Crippen LogP contribution < -0.4 is 10.5 Å². The lowest BCUT2D eigenvalue weighted by Gasteiger charge is -2.13. The molecule has 0 atom stereocenters. The lowest BCUT2D eigenvalue weighted by molar-refractivity contribution is 0.413. The van der Waals surface area contributed by atoms with E-state index in [1.807, 2.05) is 41.8 Å². The van der Waals surface area contributed by atoms with Gasteiger partial charge in [-0.1, -0.05) is 23.7 Å². The molecule has 2 aromatic carbocycles. The maximum Gasteiger partial charge on any atom is 0.206 e. The fourth-order valence-electron chi connectivity index (χ4n) is 2.28. The summed E-state index contributed by atoms with van der Waals surface area (Å²) in [5.74, 6) is 1.08. The van der Waals surface area contributed by atoms with Gasteiger partial charge in [0.1, 0.15) is 5.75 Å². The van der Waals surface area contributed by atoms with Crippen molar-refractivity contribution < 1.29 is 4.74 Å². The molecule has 3 aromatic rings. The zero-order valence-electron chi connectivity index (χ0n) is 11.2. The first kappa shape index (κ1) is 12.8. The summed E-state index contributed by atoms with van der Waals surface area (Å²) in [6.45, 7) is 1.95. The number of nitrogens with zero attached hydrogens (tertiary/aromatic N) is 2. The van der Waals surface area contributed by atoms with E-state index in [1.165, 1.54) is 0 Å². The standard InChI is InChI=1S/C15H14ClN3O/c1-9-7-13(14(20-2)8-10(9)16)19-12-6-4-3-5-11(12)18-15(19)17/h3-8H,1-2H3,(H2,17,18). The van der Waals surface area contributed by atoms with Gasteiger partial charge in [-0.2, -0.15) is 0 Å². The number of hydrogen-bond donors (Lipinski definition) is 1. The number of nitrogen functional groups attached to an aromatic ring is 1. The van der Waals surface area contributed by atoms with Crippen molar-refractivity contribution in [1.29, 1.82) is 0 Å². The number of hydrogen-bond acceptors (Lipinski definition) is 3. The highest BCUT2D eigenvalue weighted by atomic mass is 35.5. The Balaban J connectivity index is 2.36. The molecular formula is C15H14ClN3O. The maximum absolute atomic E-state index is 6.15. The van der Waals surface area contributed by atoms with E-state index >= 15 is 0 Å². The molecule has 3 rings (SSSR count). The number of anilines is 1. The van der Waals surface area contributed by atoms with Crippen LogP contribution in [0.15, 0.2) is 36.4 Å². The fraction of sp³-hybridized carbons (Fsp3) is 0.133. The molecule has 20 heavy (non-hydrogen) atoms. The van der Waals surface area contributed by atoms with Crippen LogP contribution >= 0.6 is 11.6 Å². The zero-order chi connectivity index (χ0) is 14.3. The van der Waals surface area contributed by atoms with Gasteiger partial charge >= 0.3 is 0 Å². The first-order chi connectivity index (χ1) is 9.61. The van der Waals surface area contributed by atoms with Gasteiger partial charge in [-0.05, 0) is 30.7 Å². The van der Waals surface area contributed by atoms with Crippen molar-refractivity contribution in [2.75, 3.05) is 12.8 Å². The molecule has 1 aromatic heterocycles. The highest BCUT2D eigenvalue weighted by molar-refractivity contribution is 6.31. The van der Waals surface area contributed by atoms with Gasteiger partial charge in [0.25, 0.3) is 0 Å². The average molecular weight is 288 g/mol. The van der Waals surface area contributed by atoms with Gasteiger partial charge in [-0.15, -0.1) is 0 Å². The van der Waals surface area contributed by atoms with E-state index < -0.39 is 0 Å². The monoisotopic (exact) mass is 287 g/mol. The molecule has 0 amide bonds. The number of aromatic nitrogens is 2. The van der Waals surface area contributed by atoms with Crippen LogP contribution in [-0.4, -0.2) is 16.7 Å². The Bertz CT molecular complexity index is 795. The van der Waals surface area contributed by atoms with Crippen LogP contribution in [0.25, 0.3) is 16.7 Å².